The van der Waals surface area contributed by atoms with Crippen LogP contribution < -0.4 is 0 Å². The van der Waals surface area contributed by atoms with Crippen molar-refractivity contribution in [3.8, 4) is 0 Å². The fraction of sp³-hybridized carbons (Fsp3) is 0.857. The van der Waals surface area contributed by atoms with Gasteiger partial charge in [0, 0.05) is 12.3 Å². The molecule has 3 nitrogen and oxygen atoms in total. The van der Waals surface area contributed by atoms with Crippen molar-refractivity contribution in [3.63, 3.8) is 0 Å². The third-order valence-corrected chi connectivity index (χ3v) is 2.39. The Bertz CT molecular complexity index is 261. The highest BCUT2D eigenvalue weighted by atomic mass is 16.6. The lowest BCUT2D eigenvalue weighted by Crippen LogP contribution is -2.27. The first kappa shape index (κ1) is 16.1. The average molecular weight is 242 g/mol. The summed E-state index contributed by atoms with van der Waals surface area (Å²) >= 11 is 0. The zero-order chi connectivity index (χ0) is 13.6. The lowest BCUT2D eigenvalue weighted by molar-refractivity contribution is -0.157. The van der Waals surface area contributed by atoms with Gasteiger partial charge in [-0.2, -0.15) is 0 Å². The first-order valence-electron chi connectivity index (χ1n) is 6.40. The van der Waals surface area contributed by atoms with Crippen LogP contribution in [0.4, 0.5) is 0 Å². The number of Topliss-reactive ketones (excluding diaryl/α,β-unsaturated/α-hetero) is 1. The van der Waals surface area contributed by atoms with Crippen molar-refractivity contribution in [3.05, 3.63) is 0 Å². The first-order chi connectivity index (χ1) is 7.65. The average Bonchev–Trinajstić information content (AvgIpc) is 2.11. The molecule has 0 aromatic rings. The van der Waals surface area contributed by atoms with Gasteiger partial charge in [-0.15, -0.1) is 0 Å². The topological polar surface area (TPSA) is 43.4 Å². The van der Waals surface area contributed by atoms with E-state index in [0.717, 1.165) is 6.42 Å². The van der Waals surface area contributed by atoms with Crippen LogP contribution in [0.25, 0.3) is 0 Å². The van der Waals surface area contributed by atoms with Crippen LogP contribution in [-0.4, -0.2) is 17.4 Å². The highest BCUT2D eigenvalue weighted by Crippen LogP contribution is 2.20. The number of rotatable bonds is 6. The molecule has 0 bridgehead atoms. The number of ether oxygens (including phenoxy) is 1. The Morgan fingerprint density at radius 3 is 2.06 bits per heavy atom. The van der Waals surface area contributed by atoms with Gasteiger partial charge < -0.3 is 4.74 Å². The van der Waals surface area contributed by atoms with Crippen LogP contribution in [-0.2, 0) is 14.3 Å². The minimum Gasteiger partial charge on any atom is -0.460 e. The van der Waals surface area contributed by atoms with E-state index in [1.165, 1.54) is 0 Å². The fourth-order valence-corrected chi connectivity index (χ4v) is 1.77. The van der Waals surface area contributed by atoms with Gasteiger partial charge in [0.2, 0.25) is 0 Å². The molecule has 0 aliphatic rings. The predicted molar refractivity (Wildman–Crippen MR) is 68.7 cm³/mol. The molecule has 0 heterocycles. The van der Waals surface area contributed by atoms with Crippen LogP contribution >= 0.6 is 0 Å². The molecule has 1 atom stereocenters. The normalized spacial score (nSPS) is 13.6. The number of carbonyl (C=O) groups excluding carboxylic acids is 2. The molecule has 0 fully saturated rings. The summed E-state index contributed by atoms with van der Waals surface area (Å²) in [6, 6.07) is 0. The van der Waals surface area contributed by atoms with E-state index in [1.54, 1.807) is 0 Å². The summed E-state index contributed by atoms with van der Waals surface area (Å²) in [6.07, 6.45) is 1.45. The van der Waals surface area contributed by atoms with E-state index in [4.69, 9.17) is 4.74 Å². The summed E-state index contributed by atoms with van der Waals surface area (Å²) in [5.41, 5.74) is -0.477. The van der Waals surface area contributed by atoms with Crippen LogP contribution in [0.5, 0.6) is 0 Å². The summed E-state index contributed by atoms with van der Waals surface area (Å²) < 4.78 is 5.25. The molecule has 0 saturated heterocycles. The van der Waals surface area contributed by atoms with E-state index >= 15 is 0 Å². The van der Waals surface area contributed by atoms with Gasteiger partial charge in [-0.1, -0.05) is 20.8 Å². The third-order valence-electron chi connectivity index (χ3n) is 2.39. The summed E-state index contributed by atoms with van der Waals surface area (Å²) in [5, 5.41) is 0. The maximum atomic E-state index is 11.7. The molecule has 0 amide bonds. The van der Waals surface area contributed by atoms with E-state index in [9.17, 15) is 9.59 Å². The van der Waals surface area contributed by atoms with Crippen LogP contribution in [0.15, 0.2) is 0 Å². The highest BCUT2D eigenvalue weighted by Gasteiger charge is 2.24. The zero-order valence-electron chi connectivity index (χ0n) is 12.0. The van der Waals surface area contributed by atoms with Gasteiger partial charge in [0.25, 0.3) is 0 Å². The molecule has 17 heavy (non-hydrogen) atoms. The smallest absolute Gasteiger partial charge is 0.307 e. The molecule has 100 valence electrons. The second-order valence-electron chi connectivity index (χ2n) is 5.94. The molecule has 0 spiro atoms. The Kier molecular flexibility index (Phi) is 6.43. The molecule has 0 saturated carbocycles. The van der Waals surface area contributed by atoms with E-state index in [2.05, 4.69) is 13.8 Å². The maximum absolute atomic E-state index is 11.7. The van der Waals surface area contributed by atoms with Gasteiger partial charge in [-0.25, -0.2) is 0 Å². The molecule has 3 heteroatoms. The lowest BCUT2D eigenvalue weighted by atomic mass is 9.89. The van der Waals surface area contributed by atoms with Crippen LogP contribution in [0.1, 0.15) is 60.8 Å². The van der Waals surface area contributed by atoms with Crippen molar-refractivity contribution in [1.82, 2.24) is 0 Å². The summed E-state index contributed by atoms with van der Waals surface area (Å²) in [5.74, 6) is 0.113. The van der Waals surface area contributed by atoms with E-state index in [-0.39, 0.29) is 24.1 Å². The van der Waals surface area contributed by atoms with E-state index in [1.807, 2.05) is 27.7 Å². The second kappa shape index (κ2) is 6.77. The molecule has 0 aliphatic carbocycles. The number of ketones is 1. The largest absolute Gasteiger partial charge is 0.460 e. The minimum atomic E-state index is -0.477. The van der Waals surface area contributed by atoms with Crippen molar-refractivity contribution in [1.29, 1.82) is 0 Å². The Balaban J connectivity index is 4.43. The number of hydrogen-bond acceptors (Lipinski definition) is 3. The Morgan fingerprint density at radius 1 is 1.18 bits per heavy atom. The van der Waals surface area contributed by atoms with Crippen molar-refractivity contribution < 1.29 is 14.3 Å². The van der Waals surface area contributed by atoms with Gasteiger partial charge in [0.05, 0.1) is 6.42 Å². The van der Waals surface area contributed by atoms with Crippen molar-refractivity contribution >= 4 is 11.8 Å². The highest BCUT2D eigenvalue weighted by molar-refractivity contribution is 5.85. The minimum absolute atomic E-state index is 0.157. The van der Waals surface area contributed by atoms with Gasteiger partial charge in [-0.05, 0) is 33.1 Å². The predicted octanol–water partition coefficient (Wildman–Crippen LogP) is 3.36. The summed E-state index contributed by atoms with van der Waals surface area (Å²) in [7, 11) is 0. The summed E-state index contributed by atoms with van der Waals surface area (Å²) in [6.45, 7) is 11.5. The first-order valence-corrected chi connectivity index (χ1v) is 6.40. The Morgan fingerprint density at radius 2 is 1.71 bits per heavy atom. The van der Waals surface area contributed by atoms with Crippen LogP contribution in [0.2, 0.25) is 0 Å². The van der Waals surface area contributed by atoms with Crippen molar-refractivity contribution in [2.24, 2.45) is 11.8 Å². The quantitative estimate of drug-likeness (QED) is 0.671. The molecule has 0 aliphatic heterocycles. The Labute approximate surface area is 105 Å². The number of esters is 1. The Hall–Kier alpha value is -0.860. The summed E-state index contributed by atoms with van der Waals surface area (Å²) in [4.78, 5) is 23.4. The van der Waals surface area contributed by atoms with Gasteiger partial charge in [-0.3, -0.25) is 9.59 Å². The molecule has 0 radical (unpaired) electrons. The number of carbonyl (C=O) groups is 2. The maximum Gasteiger partial charge on any atom is 0.307 e. The number of hydrogen-bond donors (Lipinski definition) is 0. The van der Waals surface area contributed by atoms with E-state index < -0.39 is 5.60 Å². The van der Waals surface area contributed by atoms with Crippen molar-refractivity contribution in [2.75, 3.05) is 0 Å². The molecular formula is C14H26O3. The SMILES string of the molecule is CCC(=O)[C@H](CC(=O)OC(C)(C)C)CC(C)C. The van der Waals surface area contributed by atoms with Crippen molar-refractivity contribution in [2.45, 2.75) is 66.4 Å². The fourth-order valence-electron chi connectivity index (χ4n) is 1.77. The monoisotopic (exact) mass is 242 g/mol. The van der Waals surface area contributed by atoms with Gasteiger partial charge in [0.15, 0.2) is 0 Å². The standard InChI is InChI=1S/C14H26O3/c1-7-12(15)11(8-10(2)3)9-13(16)17-14(4,5)6/h10-11H,7-9H2,1-6H3/t11-/m0/s1. The molecule has 0 aromatic heterocycles. The molecule has 0 N–H and O–H groups in total. The second-order valence-corrected chi connectivity index (χ2v) is 5.94. The molecule has 0 rings (SSSR count). The lowest BCUT2D eigenvalue weighted by Gasteiger charge is -2.22. The third kappa shape index (κ3) is 7.94. The van der Waals surface area contributed by atoms with Gasteiger partial charge in [0.1, 0.15) is 11.4 Å². The molecule has 0 unspecified atom stereocenters. The van der Waals surface area contributed by atoms with E-state index in [0.29, 0.717) is 12.3 Å². The van der Waals surface area contributed by atoms with Gasteiger partial charge >= 0.3 is 5.97 Å². The van der Waals surface area contributed by atoms with Crippen LogP contribution in [0, 0.1) is 11.8 Å². The molecule has 0 aromatic carbocycles. The molecular weight excluding hydrogens is 216 g/mol. The zero-order valence-corrected chi connectivity index (χ0v) is 12.0. The van der Waals surface area contributed by atoms with Crippen LogP contribution in [0.3, 0.4) is 0 Å².